The summed E-state index contributed by atoms with van der Waals surface area (Å²) in [4.78, 5) is 24.6. The van der Waals surface area contributed by atoms with Crippen LogP contribution in [0.15, 0.2) is 35.1 Å². The van der Waals surface area contributed by atoms with Crippen molar-refractivity contribution in [3.05, 3.63) is 51.6 Å². The molecule has 0 unspecified atom stereocenters. The van der Waals surface area contributed by atoms with Crippen LogP contribution in [0.5, 0.6) is 0 Å². The maximum Gasteiger partial charge on any atom is 0.351 e. The lowest BCUT2D eigenvalue weighted by atomic mass is 10.3. The molecule has 3 aromatic rings. The maximum atomic E-state index is 12.5. The number of rotatable bonds is 7. The number of aromatic nitrogens is 5. The van der Waals surface area contributed by atoms with E-state index in [2.05, 4.69) is 20.6 Å². The number of nitrogen functional groups attached to an aromatic ring is 1. The van der Waals surface area contributed by atoms with E-state index in [-0.39, 0.29) is 18.1 Å². The van der Waals surface area contributed by atoms with Crippen LogP contribution in [-0.4, -0.2) is 37.0 Å². The molecule has 0 saturated carbocycles. The summed E-state index contributed by atoms with van der Waals surface area (Å²) < 4.78 is 2.65. The molecule has 2 heterocycles. The molecular weight excluding hydrogens is 354 g/mol. The highest BCUT2D eigenvalue weighted by atomic mass is 32.1. The number of hydrogen-bond donors (Lipinski definition) is 2. The van der Waals surface area contributed by atoms with E-state index in [9.17, 15) is 9.59 Å². The fraction of sp³-hybridized carbons (Fsp3) is 0.312. The molecule has 26 heavy (non-hydrogen) atoms. The fourth-order valence-electron chi connectivity index (χ4n) is 2.52. The molecule has 3 rings (SSSR count). The first-order valence-electron chi connectivity index (χ1n) is 8.11. The summed E-state index contributed by atoms with van der Waals surface area (Å²) in [5.74, 6) is 0.268. The quantitative estimate of drug-likeness (QED) is 0.583. The van der Waals surface area contributed by atoms with Crippen LogP contribution in [0.3, 0.4) is 0 Å². The number of nitrogens with two attached hydrogens (primary N) is 1. The van der Waals surface area contributed by atoms with Crippen LogP contribution in [0.1, 0.15) is 17.3 Å². The maximum absolute atomic E-state index is 12.5. The van der Waals surface area contributed by atoms with Crippen molar-refractivity contribution in [1.29, 1.82) is 0 Å². The molecule has 0 radical (unpaired) electrons. The van der Waals surface area contributed by atoms with Crippen molar-refractivity contribution in [3.63, 3.8) is 0 Å². The Hall–Kier alpha value is -3.01. The van der Waals surface area contributed by atoms with Gasteiger partial charge in [0.05, 0.1) is 5.69 Å². The Bertz CT molecular complexity index is 945. The average Bonchev–Trinajstić information content (AvgIpc) is 3.15. The van der Waals surface area contributed by atoms with E-state index in [1.54, 1.807) is 6.92 Å². The van der Waals surface area contributed by atoms with Crippen molar-refractivity contribution >= 4 is 22.4 Å². The largest absolute Gasteiger partial charge is 0.374 e. The smallest absolute Gasteiger partial charge is 0.351 e. The minimum absolute atomic E-state index is 0.120. The molecule has 1 aromatic carbocycles. The highest BCUT2D eigenvalue weighted by Crippen LogP contribution is 2.12. The monoisotopic (exact) mass is 373 g/mol. The minimum Gasteiger partial charge on any atom is -0.374 e. The third-order valence-electron chi connectivity index (χ3n) is 3.68. The van der Waals surface area contributed by atoms with Crippen LogP contribution in [0.2, 0.25) is 0 Å². The molecule has 0 atom stereocenters. The van der Waals surface area contributed by atoms with Crippen molar-refractivity contribution < 1.29 is 4.79 Å². The predicted molar refractivity (Wildman–Crippen MR) is 98.2 cm³/mol. The normalized spacial score (nSPS) is 10.8. The van der Waals surface area contributed by atoms with Crippen LogP contribution in [0.25, 0.3) is 5.69 Å². The molecule has 0 bridgehead atoms. The zero-order valence-electron chi connectivity index (χ0n) is 14.3. The Balaban J connectivity index is 1.55. The zero-order valence-corrected chi connectivity index (χ0v) is 15.1. The summed E-state index contributed by atoms with van der Waals surface area (Å²) >= 11 is 1.34. The molecule has 0 spiro atoms. The lowest BCUT2D eigenvalue weighted by Gasteiger charge is -2.04. The number of anilines is 1. The molecular formula is C16H19N7O2S. The first kappa shape index (κ1) is 17.8. The van der Waals surface area contributed by atoms with E-state index in [4.69, 9.17) is 5.73 Å². The third kappa shape index (κ3) is 4.14. The lowest BCUT2D eigenvalue weighted by molar-refractivity contribution is -0.121. The summed E-state index contributed by atoms with van der Waals surface area (Å²) in [7, 11) is 0. The number of aryl methyl sites for hydroxylation is 2. The summed E-state index contributed by atoms with van der Waals surface area (Å²) in [5, 5.41) is 15.9. The number of para-hydroxylation sites is 1. The van der Waals surface area contributed by atoms with Gasteiger partial charge in [0.1, 0.15) is 17.4 Å². The van der Waals surface area contributed by atoms with Gasteiger partial charge in [-0.1, -0.05) is 29.5 Å². The number of carbonyl (C=O) groups excluding carboxylic acids is 1. The second-order valence-electron chi connectivity index (χ2n) is 5.65. The van der Waals surface area contributed by atoms with Crippen LogP contribution in [-0.2, 0) is 17.8 Å². The molecule has 2 aromatic heterocycles. The van der Waals surface area contributed by atoms with Gasteiger partial charge in [0.15, 0.2) is 0 Å². The Morgan fingerprint density at radius 2 is 2.04 bits per heavy atom. The van der Waals surface area contributed by atoms with Crippen molar-refractivity contribution in [2.75, 3.05) is 12.3 Å². The van der Waals surface area contributed by atoms with E-state index >= 15 is 0 Å². The number of carbonyl (C=O) groups is 1. The molecule has 1 amide bonds. The average molecular weight is 373 g/mol. The highest BCUT2D eigenvalue weighted by Gasteiger charge is 2.14. The fourth-order valence-corrected chi connectivity index (χ4v) is 3.17. The minimum atomic E-state index is -0.340. The van der Waals surface area contributed by atoms with Crippen molar-refractivity contribution in [2.24, 2.45) is 0 Å². The number of benzene rings is 1. The highest BCUT2D eigenvalue weighted by molar-refractivity contribution is 7.15. The Morgan fingerprint density at radius 1 is 1.27 bits per heavy atom. The third-order valence-corrected chi connectivity index (χ3v) is 4.49. The predicted octanol–water partition coefficient (Wildman–Crippen LogP) is 0.525. The standard InChI is InChI=1S/C16H19N7O2S/c1-11-21-22(16(25)23(11)12-6-3-2-4-7-12)10-13(24)18-9-5-8-14-19-20-15(17)26-14/h2-4,6-7H,5,8-10H2,1H3,(H2,17,20)(H,18,24). The van der Waals surface area contributed by atoms with Gasteiger partial charge in [0, 0.05) is 13.0 Å². The van der Waals surface area contributed by atoms with Gasteiger partial charge in [0.25, 0.3) is 0 Å². The first-order valence-corrected chi connectivity index (χ1v) is 8.92. The lowest BCUT2D eigenvalue weighted by Crippen LogP contribution is -2.34. The molecule has 0 aliphatic heterocycles. The van der Waals surface area contributed by atoms with Gasteiger partial charge in [-0.2, -0.15) is 5.10 Å². The second-order valence-corrected chi connectivity index (χ2v) is 6.74. The Morgan fingerprint density at radius 3 is 2.73 bits per heavy atom. The van der Waals surface area contributed by atoms with E-state index in [0.29, 0.717) is 30.3 Å². The molecule has 0 fully saturated rings. The van der Waals surface area contributed by atoms with Gasteiger partial charge in [-0.3, -0.25) is 4.79 Å². The molecule has 9 nitrogen and oxygen atoms in total. The van der Waals surface area contributed by atoms with Crippen LogP contribution in [0.4, 0.5) is 5.13 Å². The van der Waals surface area contributed by atoms with Crippen LogP contribution in [0, 0.1) is 6.92 Å². The number of nitrogens with zero attached hydrogens (tertiary/aromatic N) is 5. The number of nitrogens with one attached hydrogen (secondary N) is 1. The van der Waals surface area contributed by atoms with Gasteiger partial charge in [-0.05, 0) is 25.5 Å². The number of hydrogen-bond acceptors (Lipinski definition) is 7. The van der Waals surface area contributed by atoms with Crippen molar-refractivity contribution in [2.45, 2.75) is 26.3 Å². The van der Waals surface area contributed by atoms with E-state index in [1.165, 1.54) is 20.6 Å². The van der Waals surface area contributed by atoms with Crippen LogP contribution < -0.4 is 16.7 Å². The molecule has 0 aliphatic carbocycles. The zero-order chi connectivity index (χ0) is 18.5. The molecule has 10 heteroatoms. The van der Waals surface area contributed by atoms with Gasteiger partial charge in [-0.15, -0.1) is 10.2 Å². The van der Waals surface area contributed by atoms with Crippen molar-refractivity contribution in [3.8, 4) is 5.69 Å². The van der Waals surface area contributed by atoms with Gasteiger partial charge >= 0.3 is 5.69 Å². The summed E-state index contributed by atoms with van der Waals surface area (Å²) in [6.45, 7) is 2.09. The van der Waals surface area contributed by atoms with Crippen molar-refractivity contribution in [1.82, 2.24) is 29.9 Å². The van der Waals surface area contributed by atoms with E-state index in [0.717, 1.165) is 10.7 Å². The summed E-state index contributed by atoms with van der Waals surface area (Å²) in [6, 6.07) is 9.20. The van der Waals surface area contributed by atoms with Gasteiger partial charge in [-0.25, -0.2) is 14.0 Å². The van der Waals surface area contributed by atoms with Gasteiger partial charge < -0.3 is 11.1 Å². The number of amides is 1. The summed E-state index contributed by atoms with van der Waals surface area (Å²) in [6.07, 6.45) is 1.41. The second kappa shape index (κ2) is 7.91. The van der Waals surface area contributed by atoms with E-state index < -0.39 is 0 Å². The topological polar surface area (TPSA) is 121 Å². The molecule has 0 aliphatic rings. The van der Waals surface area contributed by atoms with E-state index in [1.807, 2.05) is 30.3 Å². The van der Waals surface area contributed by atoms with Crippen LogP contribution >= 0.6 is 11.3 Å². The Labute approximate surface area is 153 Å². The first-order chi connectivity index (χ1) is 12.5. The summed E-state index contributed by atoms with van der Waals surface area (Å²) in [5.41, 5.74) is 5.90. The molecule has 136 valence electrons. The molecule has 3 N–H and O–H groups in total. The molecule has 0 saturated heterocycles. The SMILES string of the molecule is Cc1nn(CC(=O)NCCCc2nnc(N)s2)c(=O)n1-c1ccccc1. The van der Waals surface area contributed by atoms with Gasteiger partial charge in [0.2, 0.25) is 11.0 Å². The Kier molecular flexibility index (Phi) is 5.42.